The molecule has 0 aliphatic rings. The van der Waals surface area contributed by atoms with Gasteiger partial charge in [-0.15, -0.1) is 24.0 Å². The number of rotatable bonds is 8. The van der Waals surface area contributed by atoms with Crippen molar-refractivity contribution >= 4 is 36.0 Å². The maximum atomic E-state index is 11.5. The highest BCUT2D eigenvalue weighted by molar-refractivity contribution is 14.0. The molecule has 0 atom stereocenters. The van der Waals surface area contributed by atoms with Crippen molar-refractivity contribution in [2.24, 2.45) is 10.9 Å². The molecule has 0 spiro atoms. The number of nitrogens with one attached hydrogen (secondary N) is 3. The average molecular weight is 442 g/mol. The lowest BCUT2D eigenvalue weighted by Crippen LogP contribution is -2.38. The highest BCUT2D eigenvalue weighted by Crippen LogP contribution is 2.06. The lowest BCUT2D eigenvalue weighted by Gasteiger charge is -2.19. The van der Waals surface area contributed by atoms with E-state index in [0.29, 0.717) is 19.0 Å². The molecule has 0 bridgehead atoms. The van der Waals surface area contributed by atoms with Crippen LogP contribution in [-0.4, -0.2) is 43.8 Å². The number of aliphatic imine (C=N–C) groups is 1. The minimum Gasteiger partial charge on any atom is -0.444 e. The van der Waals surface area contributed by atoms with Gasteiger partial charge in [-0.3, -0.25) is 4.99 Å². The molecule has 0 rings (SSSR count). The maximum absolute atomic E-state index is 11.5. The molecule has 0 radical (unpaired) electrons. The number of nitrogens with zero attached hydrogens (tertiary/aromatic N) is 1. The Morgan fingerprint density at radius 2 is 1.78 bits per heavy atom. The van der Waals surface area contributed by atoms with Gasteiger partial charge in [-0.25, -0.2) is 4.79 Å². The first-order valence-electron chi connectivity index (χ1n) is 8.23. The third-order valence-electron chi connectivity index (χ3n) is 2.63. The Balaban J connectivity index is 0. The standard InChI is InChI=1S/C16H34N4O2.HI/c1-7-17-14(19-12-9-13(2)3)18-10-8-11-20-15(21)22-16(4,5)6;/h13H,7-12H2,1-6H3,(H,20,21)(H2,17,18,19);1H. The van der Waals surface area contributed by atoms with Crippen LogP contribution in [-0.2, 0) is 4.74 Å². The SMILES string of the molecule is CCNC(=NCCCNC(=O)OC(C)(C)C)NCCC(C)C.I. The molecule has 0 aromatic heterocycles. The third kappa shape index (κ3) is 17.5. The number of guanidine groups is 1. The third-order valence-corrected chi connectivity index (χ3v) is 2.63. The van der Waals surface area contributed by atoms with Crippen LogP contribution in [0.5, 0.6) is 0 Å². The zero-order valence-corrected chi connectivity index (χ0v) is 17.8. The molecule has 0 aromatic rings. The van der Waals surface area contributed by atoms with Gasteiger partial charge in [0.25, 0.3) is 0 Å². The molecule has 6 nitrogen and oxygen atoms in total. The minimum absolute atomic E-state index is 0. The van der Waals surface area contributed by atoms with Gasteiger partial charge in [-0.2, -0.15) is 0 Å². The molecule has 0 unspecified atom stereocenters. The Bertz CT molecular complexity index is 341. The molecule has 1 amide bonds. The summed E-state index contributed by atoms with van der Waals surface area (Å²) >= 11 is 0. The second kappa shape index (κ2) is 13.7. The summed E-state index contributed by atoms with van der Waals surface area (Å²) in [4.78, 5) is 16.0. The van der Waals surface area contributed by atoms with Crippen molar-refractivity contribution in [3.05, 3.63) is 0 Å². The summed E-state index contributed by atoms with van der Waals surface area (Å²) in [5.74, 6) is 1.51. The van der Waals surface area contributed by atoms with Crippen molar-refractivity contribution in [3.8, 4) is 0 Å². The van der Waals surface area contributed by atoms with E-state index in [1.165, 1.54) is 0 Å². The quantitative estimate of drug-likeness (QED) is 0.234. The van der Waals surface area contributed by atoms with E-state index in [4.69, 9.17) is 4.74 Å². The maximum Gasteiger partial charge on any atom is 0.407 e. The van der Waals surface area contributed by atoms with E-state index in [0.717, 1.165) is 31.9 Å². The molecule has 0 aliphatic carbocycles. The first-order chi connectivity index (χ1) is 10.2. The highest BCUT2D eigenvalue weighted by Gasteiger charge is 2.15. The van der Waals surface area contributed by atoms with Crippen LogP contribution in [0.15, 0.2) is 4.99 Å². The largest absolute Gasteiger partial charge is 0.444 e. The predicted octanol–water partition coefficient (Wildman–Crippen LogP) is 3.12. The van der Waals surface area contributed by atoms with Gasteiger partial charge in [0, 0.05) is 26.2 Å². The van der Waals surface area contributed by atoms with Crippen molar-refractivity contribution in [3.63, 3.8) is 0 Å². The number of alkyl carbamates (subject to hydrolysis) is 1. The van der Waals surface area contributed by atoms with Crippen LogP contribution in [0.2, 0.25) is 0 Å². The number of carbonyl (C=O) groups is 1. The number of carbonyl (C=O) groups excluding carboxylic acids is 1. The van der Waals surface area contributed by atoms with Crippen molar-refractivity contribution in [1.29, 1.82) is 0 Å². The predicted molar refractivity (Wildman–Crippen MR) is 108 cm³/mol. The number of ether oxygens (including phenoxy) is 1. The molecule has 0 aromatic carbocycles. The van der Waals surface area contributed by atoms with Gasteiger partial charge < -0.3 is 20.7 Å². The van der Waals surface area contributed by atoms with Crippen molar-refractivity contribution in [2.75, 3.05) is 26.2 Å². The molecule has 23 heavy (non-hydrogen) atoms. The average Bonchev–Trinajstić information content (AvgIpc) is 2.35. The van der Waals surface area contributed by atoms with Crippen LogP contribution in [0.4, 0.5) is 4.79 Å². The number of hydrogen-bond donors (Lipinski definition) is 3. The molecule has 138 valence electrons. The van der Waals surface area contributed by atoms with E-state index in [9.17, 15) is 4.79 Å². The van der Waals surface area contributed by atoms with Gasteiger partial charge in [0.2, 0.25) is 0 Å². The van der Waals surface area contributed by atoms with Crippen LogP contribution < -0.4 is 16.0 Å². The zero-order chi connectivity index (χ0) is 17.0. The number of amides is 1. The molecular formula is C16H35IN4O2. The van der Waals surface area contributed by atoms with Crippen molar-refractivity contribution < 1.29 is 9.53 Å². The molecule has 0 heterocycles. The molecule has 0 fully saturated rings. The Kier molecular flexibility index (Phi) is 14.6. The van der Waals surface area contributed by atoms with Gasteiger partial charge in [0.05, 0.1) is 0 Å². The molecule has 0 aliphatic heterocycles. The molecule has 0 saturated heterocycles. The lowest BCUT2D eigenvalue weighted by atomic mass is 10.1. The lowest BCUT2D eigenvalue weighted by molar-refractivity contribution is 0.0527. The fourth-order valence-electron chi connectivity index (χ4n) is 1.60. The minimum atomic E-state index is -0.458. The van der Waals surface area contributed by atoms with Crippen LogP contribution >= 0.6 is 24.0 Å². The molecule has 0 saturated carbocycles. The fourth-order valence-corrected chi connectivity index (χ4v) is 1.60. The second-order valence-electron chi connectivity index (χ2n) is 6.65. The van der Waals surface area contributed by atoms with E-state index in [-0.39, 0.29) is 30.1 Å². The Morgan fingerprint density at radius 3 is 2.30 bits per heavy atom. The van der Waals surface area contributed by atoms with Crippen LogP contribution in [0.3, 0.4) is 0 Å². The van der Waals surface area contributed by atoms with E-state index in [2.05, 4.69) is 34.8 Å². The van der Waals surface area contributed by atoms with E-state index < -0.39 is 5.60 Å². The van der Waals surface area contributed by atoms with Gasteiger partial charge in [0.15, 0.2) is 5.96 Å². The number of hydrogen-bond acceptors (Lipinski definition) is 3. The summed E-state index contributed by atoms with van der Waals surface area (Å²) < 4.78 is 5.17. The number of halogens is 1. The van der Waals surface area contributed by atoms with Crippen molar-refractivity contribution in [2.45, 2.75) is 60.0 Å². The summed E-state index contributed by atoms with van der Waals surface area (Å²) in [5.41, 5.74) is -0.458. The first-order valence-corrected chi connectivity index (χ1v) is 8.23. The van der Waals surface area contributed by atoms with Crippen LogP contribution in [0.1, 0.15) is 54.4 Å². The normalized spacial score (nSPS) is 11.7. The summed E-state index contributed by atoms with van der Waals surface area (Å²) in [6, 6.07) is 0. The topological polar surface area (TPSA) is 74.8 Å². The van der Waals surface area contributed by atoms with E-state index in [1.54, 1.807) is 0 Å². The fraction of sp³-hybridized carbons (Fsp3) is 0.875. The Hall–Kier alpha value is -0.730. The smallest absolute Gasteiger partial charge is 0.407 e. The first kappa shape index (κ1) is 24.5. The summed E-state index contributed by atoms with van der Waals surface area (Å²) in [5, 5.41) is 9.26. The summed E-state index contributed by atoms with van der Waals surface area (Å²) in [6.07, 6.45) is 1.52. The molecule has 7 heteroatoms. The van der Waals surface area contributed by atoms with Crippen LogP contribution in [0, 0.1) is 5.92 Å². The van der Waals surface area contributed by atoms with Gasteiger partial charge in [0.1, 0.15) is 5.60 Å². The Labute approximate surface area is 158 Å². The van der Waals surface area contributed by atoms with E-state index in [1.807, 2.05) is 27.7 Å². The van der Waals surface area contributed by atoms with Gasteiger partial charge >= 0.3 is 6.09 Å². The van der Waals surface area contributed by atoms with Gasteiger partial charge in [-0.05, 0) is 46.5 Å². The monoisotopic (exact) mass is 442 g/mol. The summed E-state index contributed by atoms with van der Waals surface area (Å²) in [6.45, 7) is 15.0. The summed E-state index contributed by atoms with van der Waals surface area (Å²) in [7, 11) is 0. The highest BCUT2D eigenvalue weighted by atomic mass is 127. The van der Waals surface area contributed by atoms with Crippen LogP contribution in [0.25, 0.3) is 0 Å². The molecule has 3 N–H and O–H groups in total. The molecular weight excluding hydrogens is 407 g/mol. The second-order valence-corrected chi connectivity index (χ2v) is 6.65. The van der Waals surface area contributed by atoms with Gasteiger partial charge in [-0.1, -0.05) is 13.8 Å². The zero-order valence-electron chi connectivity index (χ0n) is 15.5. The van der Waals surface area contributed by atoms with Crippen molar-refractivity contribution in [1.82, 2.24) is 16.0 Å². The van der Waals surface area contributed by atoms with E-state index >= 15 is 0 Å². The Morgan fingerprint density at radius 1 is 1.13 bits per heavy atom.